The Morgan fingerprint density at radius 2 is 1.20 bits per heavy atom. The van der Waals surface area contributed by atoms with Crippen LogP contribution < -0.4 is 44.3 Å². The van der Waals surface area contributed by atoms with Crippen LogP contribution in [0.4, 0.5) is 5.69 Å². The number of benzene rings is 3. The van der Waals surface area contributed by atoms with Gasteiger partial charge in [0.15, 0.2) is 0 Å². The first-order valence-corrected chi connectivity index (χ1v) is 18.5. The van der Waals surface area contributed by atoms with Gasteiger partial charge in [0.25, 0.3) is 0 Å². The standard InChI is InChI=1S/C38H50NO10P/c1-41-26-19-29(44-4)36(30(20-26)45-5)50(37-31(46-6)21-27(42-2)22-32(37)47-7,38-33(48-8)23-28(43-3)24-34(38)49-9)18-14-13-17-35(40)39-25-15-11-10-12-16-25/h10-12,15-16,19-23,34,50H,13-14,17-18,24H2,1-9H3,(H,39,40)/t34-/m0/s1. The van der Waals surface area contributed by atoms with Crippen molar-refractivity contribution in [3.8, 4) is 34.5 Å². The summed E-state index contributed by atoms with van der Waals surface area (Å²) in [6.07, 6.45) is 3.96. The van der Waals surface area contributed by atoms with Gasteiger partial charge in [-0.25, -0.2) is 0 Å². The summed E-state index contributed by atoms with van der Waals surface area (Å²) in [5.74, 6) is 4.55. The molecule has 0 saturated heterocycles. The number of nitrogens with one attached hydrogen (secondary N) is 1. The van der Waals surface area contributed by atoms with Crippen LogP contribution in [0.25, 0.3) is 0 Å². The van der Waals surface area contributed by atoms with Crippen molar-refractivity contribution >= 4 is 29.5 Å². The number of hydrogen-bond donors (Lipinski definition) is 1. The number of para-hydroxylation sites is 1. The first-order chi connectivity index (χ1) is 24.3. The quantitative estimate of drug-likeness (QED) is 0.124. The SMILES string of the molecule is COC1=CC(OC)=C([PH](CCCCC(=O)Nc2ccccc2)(c2c(OC)cc(OC)cc2OC)c2c(OC)cc(OC)cc2OC)[C@@H](OC)C1. The van der Waals surface area contributed by atoms with Gasteiger partial charge < -0.3 is 0 Å². The Morgan fingerprint density at radius 3 is 1.62 bits per heavy atom. The van der Waals surface area contributed by atoms with Crippen molar-refractivity contribution in [1.29, 1.82) is 0 Å². The van der Waals surface area contributed by atoms with Crippen molar-refractivity contribution in [2.45, 2.75) is 31.8 Å². The predicted molar refractivity (Wildman–Crippen MR) is 198 cm³/mol. The van der Waals surface area contributed by atoms with E-state index >= 15 is 0 Å². The molecule has 0 heterocycles. The summed E-state index contributed by atoms with van der Waals surface area (Å²) in [5.41, 5.74) is 0.752. The Bertz CT molecular complexity index is 1560. The Kier molecular flexibility index (Phi) is 13.7. The third-order valence-corrected chi connectivity index (χ3v) is 14.3. The Balaban J connectivity index is 2.09. The molecule has 272 valence electrons. The predicted octanol–water partition coefficient (Wildman–Crippen LogP) is 6.05. The second-order valence-electron chi connectivity index (χ2n) is 11.6. The third-order valence-electron chi connectivity index (χ3n) is 9.04. The van der Waals surface area contributed by atoms with E-state index in [-0.39, 0.29) is 5.91 Å². The van der Waals surface area contributed by atoms with Gasteiger partial charge in [-0.05, 0) is 0 Å². The molecule has 1 aliphatic carbocycles. The summed E-state index contributed by atoms with van der Waals surface area (Å²) in [5, 5.41) is 5.52. The van der Waals surface area contributed by atoms with Crippen molar-refractivity contribution < 1.29 is 47.4 Å². The Hall–Kier alpha value is -4.60. The van der Waals surface area contributed by atoms with E-state index in [0.29, 0.717) is 77.9 Å². The van der Waals surface area contributed by atoms with Crippen LogP contribution in [-0.2, 0) is 19.0 Å². The number of unbranched alkanes of at least 4 members (excludes halogenated alkanes) is 1. The summed E-state index contributed by atoms with van der Waals surface area (Å²) >= 11 is 0. The zero-order chi connectivity index (χ0) is 36.3. The minimum atomic E-state index is -3.55. The van der Waals surface area contributed by atoms with Crippen LogP contribution in [-0.4, -0.2) is 82.2 Å². The zero-order valence-electron chi connectivity index (χ0n) is 30.5. The van der Waals surface area contributed by atoms with E-state index in [1.165, 1.54) is 0 Å². The van der Waals surface area contributed by atoms with Crippen molar-refractivity contribution in [2.24, 2.45) is 0 Å². The molecule has 1 aliphatic rings. The third kappa shape index (κ3) is 7.90. The number of allylic oxidation sites excluding steroid dienone is 1. The average Bonchev–Trinajstić information content (AvgIpc) is 3.16. The molecule has 0 aliphatic heterocycles. The number of amides is 1. The van der Waals surface area contributed by atoms with Gasteiger partial charge in [-0.1, -0.05) is 0 Å². The van der Waals surface area contributed by atoms with E-state index in [9.17, 15) is 4.79 Å². The molecule has 1 atom stereocenters. The average molecular weight is 712 g/mol. The van der Waals surface area contributed by atoms with Gasteiger partial charge >= 0.3 is 296 Å². The van der Waals surface area contributed by atoms with E-state index in [1.54, 1.807) is 64.0 Å². The van der Waals surface area contributed by atoms with E-state index in [0.717, 1.165) is 21.6 Å². The number of methoxy groups -OCH3 is 9. The van der Waals surface area contributed by atoms with E-state index in [2.05, 4.69) is 5.32 Å². The molecule has 0 bridgehead atoms. The van der Waals surface area contributed by atoms with Crippen LogP contribution in [0.1, 0.15) is 25.7 Å². The molecule has 3 aromatic rings. The molecule has 50 heavy (non-hydrogen) atoms. The fourth-order valence-electron chi connectivity index (χ4n) is 6.78. The Labute approximate surface area is 295 Å². The fourth-order valence-corrected chi connectivity index (χ4v) is 12.9. The monoisotopic (exact) mass is 711 g/mol. The van der Waals surface area contributed by atoms with Crippen molar-refractivity contribution in [3.05, 3.63) is 77.5 Å². The normalized spacial score (nSPS) is 14.7. The van der Waals surface area contributed by atoms with Gasteiger partial charge in [0.1, 0.15) is 0 Å². The van der Waals surface area contributed by atoms with Crippen LogP contribution >= 0.6 is 7.26 Å². The van der Waals surface area contributed by atoms with Crippen molar-refractivity contribution in [3.63, 3.8) is 0 Å². The molecule has 0 fully saturated rings. The van der Waals surface area contributed by atoms with Crippen LogP contribution in [0.15, 0.2) is 77.5 Å². The summed E-state index contributed by atoms with van der Waals surface area (Å²) in [6.45, 7) is 0. The molecule has 1 amide bonds. The summed E-state index contributed by atoms with van der Waals surface area (Å²) in [7, 11) is 11.1. The zero-order valence-corrected chi connectivity index (χ0v) is 31.5. The summed E-state index contributed by atoms with van der Waals surface area (Å²) in [6, 6.07) is 16.8. The van der Waals surface area contributed by atoms with Gasteiger partial charge in [0.2, 0.25) is 0 Å². The first kappa shape index (κ1) is 38.2. The molecule has 0 unspecified atom stereocenters. The maximum absolute atomic E-state index is 13.1. The van der Waals surface area contributed by atoms with Crippen molar-refractivity contribution in [1.82, 2.24) is 0 Å². The topological polar surface area (TPSA) is 112 Å². The van der Waals surface area contributed by atoms with Gasteiger partial charge in [0, 0.05) is 0 Å². The van der Waals surface area contributed by atoms with Gasteiger partial charge in [-0.2, -0.15) is 0 Å². The number of ether oxygens (including phenoxy) is 9. The molecule has 0 spiro atoms. The number of anilines is 1. The molecular weight excluding hydrogens is 661 g/mol. The van der Waals surface area contributed by atoms with Crippen LogP contribution in [0, 0.1) is 0 Å². The molecule has 11 nitrogen and oxygen atoms in total. The maximum atomic E-state index is 13.1. The van der Waals surface area contributed by atoms with Crippen LogP contribution in [0.3, 0.4) is 0 Å². The van der Waals surface area contributed by atoms with Gasteiger partial charge in [0.05, 0.1) is 0 Å². The van der Waals surface area contributed by atoms with E-state index < -0.39 is 13.4 Å². The summed E-state index contributed by atoms with van der Waals surface area (Å²) in [4.78, 5) is 13.1. The minimum absolute atomic E-state index is 0.0698. The van der Waals surface area contributed by atoms with Crippen LogP contribution in [0.2, 0.25) is 0 Å². The van der Waals surface area contributed by atoms with Crippen molar-refractivity contribution in [2.75, 3.05) is 75.5 Å². The number of carbonyl (C=O) groups is 1. The molecule has 0 aromatic heterocycles. The second kappa shape index (κ2) is 17.9. The number of hydrogen-bond acceptors (Lipinski definition) is 10. The second-order valence-corrected chi connectivity index (χ2v) is 15.4. The molecule has 12 heteroatoms. The fraction of sp³-hybridized carbons (Fsp3) is 0.395. The molecule has 0 saturated carbocycles. The molecule has 0 radical (unpaired) electrons. The molecule has 3 aromatic carbocycles. The molecule has 4 rings (SSSR count). The Morgan fingerprint density at radius 1 is 0.680 bits per heavy atom. The molecular formula is C38H50NO10P. The van der Waals surface area contributed by atoms with Gasteiger partial charge in [-0.15, -0.1) is 0 Å². The molecule has 1 N–H and O–H groups in total. The number of carbonyl (C=O) groups excluding carboxylic acids is 1. The summed E-state index contributed by atoms with van der Waals surface area (Å²) < 4.78 is 54.4. The first-order valence-electron chi connectivity index (χ1n) is 16.3. The van der Waals surface area contributed by atoms with E-state index in [1.807, 2.05) is 60.7 Å². The number of rotatable bonds is 18. The van der Waals surface area contributed by atoms with Crippen LogP contribution in [0.5, 0.6) is 34.5 Å². The van der Waals surface area contributed by atoms with Gasteiger partial charge in [-0.3, -0.25) is 0 Å². The van der Waals surface area contributed by atoms with E-state index in [4.69, 9.17) is 42.6 Å².